The Morgan fingerprint density at radius 2 is 2.00 bits per heavy atom. The quantitative estimate of drug-likeness (QED) is 0.871. The summed E-state index contributed by atoms with van der Waals surface area (Å²) in [5.41, 5.74) is 2.94. The van der Waals surface area contributed by atoms with Gasteiger partial charge in [-0.1, -0.05) is 12.1 Å². The average molecular weight is 342 g/mol. The summed E-state index contributed by atoms with van der Waals surface area (Å²) in [6.07, 6.45) is 2.03. The first-order chi connectivity index (χ1) is 8.06. The van der Waals surface area contributed by atoms with Crippen molar-refractivity contribution in [3.63, 3.8) is 0 Å². The Morgan fingerprint density at radius 1 is 1.35 bits per heavy atom. The Morgan fingerprint density at radius 3 is 2.53 bits per heavy atom. The van der Waals surface area contributed by atoms with Crippen molar-refractivity contribution in [3.05, 3.63) is 50.9 Å². The number of aliphatic hydroxyl groups is 1. The third kappa shape index (κ3) is 3.07. The maximum Gasteiger partial charge on any atom is 0.0863 e. The normalized spacial score (nSPS) is 12.7. The molecule has 1 N–H and O–H groups in total. The van der Waals surface area contributed by atoms with Crippen LogP contribution in [0.25, 0.3) is 0 Å². The van der Waals surface area contributed by atoms with Crippen LogP contribution in [0.5, 0.6) is 0 Å². The molecular weight excluding hydrogens is 327 g/mol. The van der Waals surface area contributed by atoms with Crippen molar-refractivity contribution in [2.24, 2.45) is 7.05 Å². The lowest BCUT2D eigenvalue weighted by Gasteiger charge is -2.09. The van der Waals surface area contributed by atoms with E-state index in [0.29, 0.717) is 6.42 Å². The Labute approximate surface area is 115 Å². The van der Waals surface area contributed by atoms with E-state index in [2.05, 4.69) is 52.0 Å². The van der Waals surface area contributed by atoms with E-state index in [1.165, 1.54) is 3.57 Å². The molecule has 0 radical (unpaired) electrons. The van der Waals surface area contributed by atoms with Gasteiger partial charge >= 0.3 is 0 Å². The van der Waals surface area contributed by atoms with Gasteiger partial charge in [0.25, 0.3) is 0 Å². The number of aryl methyl sites for hydroxylation is 2. The van der Waals surface area contributed by atoms with Gasteiger partial charge in [-0.15, -0.1) is 0 Å². The van der Waals surface area contributed by atoms with Crippen molar-refractivity contribution in [1.29, 1.82) is 0 Å². The molecule has 1 aromatic carbocycles. The zero-order valence-electron chi connectivity index (χ0n) is 9.89. The van der Waals surface area contributed by atoms with E-state index in [4.69, 9.17) is 0 Å². The van der Waals surface area contributed by atoms with Gasteiger partial charge in [0, 0.05) is 28.8 Å². The maximum absolute atomic E-state index is 10.2. The highest BCUT2D eigenvalue weighted by molar-refractivity contribution is 14.1. The average Bonchev–Trinajstić information content (AvgIpc) is 2.61. The zero-order chi connectivity index (χ0) is 12.4. The monoisotopic (exact) mass is 342 g/mol. The molecule has 4 heteroatoms. The molecular formula is C13H15IN2O. The van der Waals surface area contributed by atoms with Crippen LogP contribution in [0.2, 0.25) is 0 Å². The fraction of sp³-hybridized carbons (Fsp3) is 0.308. The molecule has 3 nitrogen and oxygen atoms in total. The summed E-state index contributed by atoms with van der Waals surface area (Å²) in [4.78, 5) is 0. The number of benzene rings is 1. The van der Waals surface area contributed by atoms with E-state index >= 15 is 0 Å². The molecule has 0 amide bonds. The first-order valence-electron chi connectivity index (χ1n) is 5.49. The van der Waals surface area contributed by atoms with Crippen LogP contribution in [0.1, 0.15) is 22.9 Å². The van der Waals surface area contributed by atoms with Gasteiger partial charge in [-0.2, -0.15) is 5.10 Å². The van der Waals surface area contributed by atoms with E-state index in [0.717, 1.165) is 16.8 Å². The second kappa shape index (κ2) is 5.18. The van der Waals surface area contributed by atoms with Crippen molar-refractivity contribution >= 4 is 22.6 Å². The van der Waals surface area contributed by atoms with E-state index < -0.39 is 6.10 Å². The fourth-order valence-corrected chi connectivity index (χ4v) is 2.26. The van der Waals surface area contributed by atoms with Gasteiger partial charge in [0.15, 0.2) is 0 Å². The summed E-state index contributed by atoms with van der Waals surface area (Å²) in [7, 11) is 1.87. The van der Waals surface area contributed by atoms with Crippen molar-refractivity contribution in [2.45, 2.75) is 19.4 Å². The highest BCUT2D eigenvalue weighted by atomic mass is 127. The molecule has 0 saturated carbocycles. The summed E-state index contributed by atoms with van der Waals surface area (Å²) in [5, 5.41) is 14.4. The summed E-state index contributed by atoms with van der Waals surface area (Å²) >= 11 is 2.27. The molecule has 0 bridgehead atoms. The molecule has 1 aromatic heterocycles. The van der Waals surface area contributed by atoms with E-state index in [-0.39, 0.29) is 0 Å². The Hall–Kier alpha value is -0.880. The van der Waals surface area contributed by atoms with Gasteiger partial charge < -0.3 is 5.11 Å². The van der Waals surface area contributed by atoms with Gasteiger partial charge in [0.05, 0.1) is 11.8 Å². The van der Waals surface area contributed by atoms with Gasteiger partial charge in [0.2, 0.25) is 0 Å². The maximum atomic E-state index is 10.2. The van der Waals surface area contributed by atoms with Crippen LogP contribution < -0.4 is 0 Å². The van der Waals surface area contributed by atoms with Crippen LogP contribution in [-0.4, -0.2) is 14.9 Å². The first kappa shape index (κ1) is 12.6. The molecule has 0 aliphatic heterocycles. The van der Waals surface area contributed by atoms with E-state index in [1.807, 2.05) is 20.2 Å². The predicted molar refractivity (Wildman–Crippen MR) is 75.8 cm³/mol. The van der Waals surface area contributed by atoms with Crippen molar-refractivity contribution < 1.29 is 5.11 Å². The molecule has 90 valence electrons. The van der Waals surface area contributed by atoms with Crippen LogP contribution in [0.3, 0.4) is 0 Å². The minimum absolute atomic E-state index is 0.483. The van der Waals surface area contributed by atoms with Gasteiger partial charge in [0.1, 0.15) is 0 Å². The predicted octanol–water partition coefficient (Wildman–Crippen LogP) is 2.61. The topological polar surface area (TPSA) is 38.0 Å². The third-order valence-electron chi connectivity index (χ3n) is 2.75. The van der Waals surface area contributed by atoms with Gasteiger partial charge in [-0.25, -0.2) is 0 Å². The summed E-state index contributed by atoms with van der Waals surface area (Å²) in [5.74, 6) is 0. The number of halogens is 1. The number of hydrogen-bond acceptors (Lipinski definition) is 2. The molecule has 2 aromatic rings. The van der Waals surface area contributed by atoms with E-state index in [1.54, 1.807) is 4.68 Å². The molecule has 0 spiro atoms. The summed E-state index contributed by atoms with van der Waals surface area (Å²) < 4.78 is 2.94. The van der Waals surface area contributed by atoms with Crippen LogP contribution in [0.4, 0.5) is 0 Å². The second-order valence-electron chi connectivity index (χ2n) is 4.19. The van der Waals surface area contributed by atoms with Crippen molar-refractivity contribution in [3.8, 4) is 0 Å². The number of aromatic nitrogens is 2. The molecule has 2 rings (SSSR count). The number of nitrogens with zero attached hydrogens (tertiary/aromatic N) is 2. The highest BCUT2D eigenvalue weighted by Crippen LogP contribution is 2.21. The molecule has 0 aliphatic rings. The van der Waals surface area contributed by atoms with Gasteiger partial charge in [-0.3, -0.25) is 4.68 Å². The second-order valence-corrected chi connectivity index (χ2v) is 5.44. The third-order valence-corrected chi connectivity index (χ3v) is 3.47. The number of rotatable bonds is 3. The lowest BCUT2D eigenvalue weighted by atomic mass is 10.0. The lowest BCUT2D eigenvalue weighted by molar-refractivity contribution is 0.177. The molecule has 1 unspecified atom stereocenters. The molecule has 17 heavy (non-hydrogen) atoms. The van der Waals surface area contributed by atoms with Crippen LogP contribution in [-0.2, 0) is 13.5 Å². The van der Waals surface area contributed by atoms with Crippen LogP contribution >= 0.6 is 22.6 Å². The van der Waals surface area contributed by atoms with Crippen LogP contribution in [0.15, 0.2) is 30.5 Å². The zero-order valence-corrected chi connectivity index (χ0v) is 12.0. The SMILES string of the molecule is Cc1nn(C)cc1C(O)Cc1ccc(I)cc1. The highest BCUT2D eigenvalue weighted by Gasteiger charge is 2.13. The molecule has 0 saturated heterocycles. The largest absolute Gasteiger partial charge is 0.388 e. The number of aliphatic hydroxyl groups excluding tert-OH is 1. The summed E-state index contributed by atoms with van der Waals surface area (Å²) in [6.45, 7) is 1.92. The molecule has 0 aliphatic carbocycles. The smallest absolute Gasteiger partial charge is 0.0863 e. The standard InChI is InChI=1S/C13H15IN2O/c1-9-12(8-16(2)15-9)13(17)7-10-3-5-11(14)6-4-10/h3-6,8,13,17H,7H2,1-2H3. The van der Waals surface area contributed by atoms with Crippen molar-refractivity contribution in [2.75, 3.05) is 0 Å². The minimum Gasteiger partial charge on any atom is -0.388 e. The van der Waals surface area contributed by atoms with Crippen molar-refractivity contribution in [1.82, 2.24) is 9.78 Å². The van der Waals surface area contributed by atoms with Gasteiger partial charge in [-0.05, 0) is 47.2 Å². The Kier molecular flexibility index (Phi) is 3.83. The number of hydrogen-bond donors (Lipinski definition) is 1. The molecule has 0 fully saturated rings. The lowest BCUT2D eigenvalue weighted by Crippen LogP contribution is -2.02. The molecule has 1 atom stereocenters. The van der Waals surface area contributed by atoms with Crippen LogP contribution in [0, 0.1) is 10.5 Å². The Bertz CT molecular complexity index is 505. The minimum atomic E-state index is -0.483. The Balaban J connectivity index is 2.14. The fourth-order valence-electron chi connectivity index (χ4n) is 1.90. The summed E-state index contributed by atoms with van der Waals surface area (Å²) in [6, 6.07) is 8.21. The van der Waals surface area contributed by atoms with E-state index in [9.17, 15) is 5.11 Å². The molecule has 1 heterocycles. The first-order valence-corrected chi connectivity index (χ1v) is 6.57.